The minimum Gasteiger partial charge on any atom is -0.426 e. The summed E-state index contributed by atoms with van der Waals surface area (Å²) in [5, 5.41) is 40.4. The average Bonchev–Trinajstić information content (AvgIpc) is 2.94. The van der Waals surface area contributed by atoms with E-state index in [0.717, 1.165) is 16.7 Å². The number of amides is 1. The topological polar surface area (TPSA) is 117 Å². The van der Waals surface area contributed by atoms with Crippen molar-refractivity contribution in [2.75, 3.05) is 11.9 Å². The maximum Gasteiger partial charge on any atom is 0.469 e. The number of nitriles is 1. The van der Waals surface area contributed by atoms with Crippen molar-refractivity contribution < 1.29 is 14.8 Å². The zero-order valence-corrected chi connectivity index (χ0v) is 25.6. The molecule has 0 spiro atoms. The van der Waals surface area contributed by atoms with E-state index < -0.39 is 24.5 Å². The fourth-order valence-corrected chi connectivity index (χ4v) is 4.74. The molecule has 0 radical (unpaired) electrons. The molecule has 10 heteroatoms. The number of aryl methyl sites for hydroxylation is 1. The molecular formula is C32H37BCl2N4O3. The van der Waals surface area contributed by atoms with Crippen LogP contribution in [0.1, 0.15) is 43.9 Å². The fourth-order valence-electron chi connectivity index (χ4n) is 4.40. The SMILES string of the molecule is CC(C)(C)NC(=O)C(C#N)=Cc1cccc(CC[C@@H](CN[C@@H](Cc2ccccc2)B(O)O)Nc2cc(Cl)ccc2Cl)c1. The van der Waals surface area contributed by atoms with Gasteiger partial charge in [-0.15, -0.1) is 0 Å². The molecule has 7 nitrogen and oxygen atoms in total. The van der Waals surface area contributed by atoms with Crippen LogP contribution in [0.15, 0.2) is 78.4 Å². The van der Waals surface area contributed by atoms with Crippen LogP contribution in [0.4, 0.5) is 5.69 Å². The van der Waals surface area contributed by atoms with Crippen LogP contribution >= 0.6 is 23.2 Å². The van der Waals surface area contributed by atoms with Crippen molar-refractivity contribution in [1.29, 1.82) is 5.26 Å². The molecule has 42 heavy (non-hydrogen) atoms. The number of nitrogens with one attached hydrogen (secondary N) is 3. The highest BCUT2D eigenvalue weighted by Crippen LogP contribution is 2.27. The Morgan fingerprint density at radius 3 is 2.40 bits per heavy atom. The Kier molecular flexibility index (Phi) is 12.5. The van der Waals surface area contributed by atoms with Gasteiger partial charge in [-0.1, -0.05) is 77.8 Å². The van der Waals surface area contributed by atoms with E-state index in [2.05, 4.69) is 16.0 Å². The Labute approximate surface area is 258 Å². The zero-order chi connectivity index (χ0) is 30.7. The summed E-state index contributed by atoms with van der Waals surface area (Å²) < 4.78 is 0. The van der Waals surface area contributed by atoms with Gasteiger partial charge in [-0.3, -0.25) is 4.79 Å². The number of carbonyl (C=O) groups excluding carboxylic acids is 1. The van der Waals surface area contributed by atoms with Crippen molar-refractivity contribution in [2.45, 2.75) is 57.6 Å². The summed E-state index contributed by atoms with van der Waals surface area (Å²) in [6, 6.07) is 24.4. The molecule has 0 bridgehead atoms. The highest BCUT2D eigenvalue weighted by Gasteiger charge is 2.25. The number of hydrogen-bond acceptors (Lipinski definition) is 6. The second kappa shape index (κ2) is 15.8. The summed E-state index contributed by atoms with van der Waals surface area (Å²) >= 11 is 12.7. The smallest absolute Gasteiger partial charge is 0.426 e. The van der Waals surface area contributed by atoms with Gasteiger partial charge in [-0.2, -0.15) is 5.26 Å². The van der Waals surface area contributed by atoms with Crippen LogP contribution in [-0.4, -0.2) is 47.1 Å². The molecule has 3 aromatic rings. The van der Waals surface area contributed by atoms with Gasteiger partial charge >= 0.3 is 7.12 Å². The first kappa shape index (κ1) is 33.2. The predicted octanol–water partition coefficient (Wildman–Crippen LogP) is 5.44. The van der Waals surface area contributed by atoms with Gasteiger partial charge in [-0.25, -0.2) is 0 Å². The summed E-state index contributed by atoms with van der Waals surface area (Å²) in [6.45, 7) is 6.01. The Morgan fingerprint density at radius 1 is 1.02 bits per heavy atom. The van der Waals surface area contributed by atoms with Crippen molar-refractivity contribution in [2.24, 2.45) is 0 Å². The van der Waals surface area contributed by atoms with Gasteiger partial charge in [0.25, 0.3) is 5.91 Å². The van der Waals surface area contributed by atoms with Crippen molar-refractivity contribution in [3.63, 3.8) is 0 Å². The molecule has 0 aliphatic heterocycles. The van der Waals surface area contributed by atoms with Crippen molar-refractivity contribution >= 4 is 48.0 Å². The molecular weight excluding hydrogens is 570 g/mol. The minimum atomic E-state index is -1.55. The van der Waals surface area contributed by atoms with Crippen LogP contribution in [0.2, 0.25) is 10.0 Å². The Hall–Kier alpha value is -3.32. The normalized spacial score (nSPS) is 13.1. The molecule has 1 amide bonds. The predicted molar refractivity (Wildman–Crippen MR) is 172 cm³/mol. The highest BCUT2D eigenvalue weighted by molar-refractivity contribution is 6.43. The van der Waals surface area contributed by atoms with Gasteiger partial charge in [0.2, 0.25) is 0 Å². The lowest BCUT2D eigenvalue weighted by Gasteiger charge is -2.25. The molecule has 0 saturated carbocycles. The molecule has 3 rings (SSSR count). The standard InChI is InChI=1S/C32H37BCl2N4O3/c1-32(2,3)39-31(40)25(20-36)17-24-11-7-10-23(16-24)12-14-27(38-29-19-26(34)13-15-28(29)35)21-37-30(33(41)42)18-22-8-5-4-6-9-22/h4-11,13,15-17,19,27,30,37-38,41-42H,12,14,18,21H2,1-3H3,(H,39,40)/t27-,30-/m0/s1. The lowest BCUT2D eigenvalue weighted by atomic mass is 9.76. The van der Waals surface area contributed by atoms with E-state index in [9.17, 15) is 20.1 Å². The van der Waals surface area contributed by atoms with Crippen LogP contribution in [0, 0.1) is 11.3 Å². The third kappa shape index (κ3) is 11.2. The molecule has 0 aliphatic rings. The van der Waals surface area contributed by atoms with Crippen molar-refractivity contribution in [3.05, 3.63) is 105 Å². The Balaban J connectivity index is 1.76. The van der Waals surface area contributed by atoms with E-state index >= 15 is 0 Å². The number of nitrogens with zero attached hydrogens (tertiary/aromatic N) is 1. The molecule has 0 fully saturated rings. The number of benzene rings is 3. The number of halogens is 2. The largest absolute Gasteiger partial charge is 0.469 e. The van der Waals surface area contributed by atoms with Crippen LogP contribution in [0.25, 0.3) is 6.08 Å². The summed E-state index contributed by atoms with van der Waals surface area (Å²) in [5.41, 5.74) is 3.02. The lowest BCUT2D eigenvalue weighted by Crippen LogP contribution is -2.49. The first-order chi connectivity index (χ1) is 19.9. The van der Waals surface area contributed by atoms with Gasteiger partial charge in [0.05, 0.1) is 10.7 Å². The number of anilines is 1. The van der Waals surface area contributed by atoms with Crippen LogP contribution in [0.5, 0.6) is 0 Å². The van der Waals surface area contributed by atoms with E-state index in [0.29, 0.717) is 41.5 Å². The molecule has 220 valence electrons. The summed E-state index contributed by atoms with van der Waals surface area (Å²) in [4.78, 5) is 12.5. The van der Waals surface area contributed by atoms with E-state index in [1.54, 1.807) is 24.3 Å². The number of hydrogen-bond donors (Lipinski definition) is 5. The molecule has 0 saturated heterocycles. The second-order valence-electron chi connectivity index (χ2n) is 11.2. The molecule has 0 heterocycles. The summed E-state index contributed by atoms with van der Waals surface area (Å²) in [5.74, 6) is -0.996. The van der Waals surface area contributed by atoms with E-state index in [1.165, 1.54) is 0 Å². The first-order valence-electron chi connectivity index (χ1n) is 13.8. The minimum absolute atomic E-state index is 0.0356. The van der Waals surface area contributed by atoms with E-state index in [4.69, 9.17) is 23.2 Å². The van der Waals surface area contributed by atoms with Gasteiger partial charge < -0.3 is 26.0 Å². The maximum absolute atomic E-state index is 12.5. The quantitative estimate of drug-likeness (QED) is 0.100. The molecule has 2 atom stereocenters. The molecule has 0 unspecified atom stereocenters. The summed E-state index contributed by atoms with van der Waals surface area (Å²) in [7, 11) is -1.55. The molecule has 5 N–H and O–H groups in total. The Bertz CT molecular complexity index is 1400. The second-order valence-corrected chi connectivity index (χ2v) is 12.1. The number of rotatable bonds is 13. The fraction of sp³-hybridized carbons (Fsp3) is 0.312. The Morgan fingerprint density at radius 2 is 1.74 bits per heavy atom. The van der Waals surface area contributed by atoms with Crippen LogP contribution in [-0.2, 0) is 17.6 Å². The van der Waals surface area contributed by atoms with Crippen molar-refractivity contribution in [1.82, 2.24) is 10.6 Å². The maximum atomic E-state index is 12.5. The third-order valence-electron chi connectivity index (χ3n) is 6.47. The zero-order valence-electron chi connectivity index (χ0n) is 24.1. The summed E-state index contributed by atoms with van der Waals surface area (Å²) in [6.07, 6.45) is 3.37. The van der Waals surface area contributed by atoms with Gasteiger partial charge in [0, 0.05) is 29.1 Å². The molecule has 0 aromatic heterocycles. The van der Waals surface area contributed by atoms with Crippen LogP contribution in [0.3, 0.4) is 0 Å². The van der Waals surface area contributed by atoms with Crippen LogP contribution < -0.4 is 16.0 Å². The van der Waals surface area contributed by atoms with Gasteiger partial charge in [-0.05, 0) is 81.0 Å². The number of carbonyl (C=O) groups is 1. The average molecular weight is 607 g/mol. The molecule has 3 aromatic carbocycles. The van der Waals surface area contributed by atoms with E-state index in [-0.39, 0.29) is 11.6 Å². The molecule has 0 aliphatic carbocycles. The van der Waals surface area contributed by atoms with Gasteiger partial charge in [0.15, 0.2) is 0 Å². The highest BCUT2D eigenvalue weighted by atomic mass is 35.5. The van der Waals surface area contributed by atoms with Crippen molar-refractivity contribution in [3.8, 4) is 6.07 Å². The van der Waals surface area contributed by atoms with E-state index in [1.807, 2.05) is 81.4 Å². The third-order valence-corrected chi connectivity index (χ3v) is 7.03. The monoisotopic (exact) mass is 606 g/mol. The first-order valence-corrected chi connectivity index (χ1v) is 14.6. The van der Waals surface area contributed by atoms with Gasteiger partial charge in [0.1, 0.15) is 11.6 Å². The lowest BCUT2D eigenvalue weighted by molar-refractivity contribution is -0.118.